The van der Waals surface area contributed by atoms with Crippen LogP contribution in [0.1, 0.15) is 18.4 Å². The number of rotatable bonds is 2. The first kappa shape index (κ1) is 10.4. The van der Waals surface area contributed by atoms with E-state index in [0.717, 1.165) is 24.3 Å². The van der Waals surface area contributed by atoms with Crippen LogP contribution < -0.4 is 10.6 Å². The van der Waals surface area contributed by atoms with Crippen LogP contribution in [0.15, 0.2) is 18.3 Å². The second kappa shape index (κ2) is 4.57. The molecule has 0 spiro atoms. The molecular formula is C11H16FN3. The van der Waals surface area contributed by atoms with Crippen molar-refractivity contribution in [3.63, 3.8) is 0 Å². The average molecular weight is 209 g/mol. The van der Waals surface area contributed by atoms with Crippen molar-refractivity contribution in [2.45, 2.75) is 25.6 Å². The van der Waals surface area contributed by atoms with Crippen LogP contribution in [0.25, 0.3) is 0 Å². The second-order valence-corrected chi connectivity index (χ2v) is 3.88. The Morgan fingerprint density at radius 3 is 3.20 bits per heavy atom. The van der Waals surface area contributed by atoms with Gasteiger partial charge in [0.1, 0.15) is 12.0 Å². The first-order valence-corrected chi connectivity index (χ1v) is 5.34. The molecule has 1 atom stereocenters. The Labute approximate surface area is 89.1 Å². The highest BCUT2D eigenvalue weighted by Crippen LogP contribution is 2.22. The summed E-state index contributed by atoms with van der Waals surface area (Å²) in [5.41, 5.74) is 6.62. The summed E-state index contributed by atoms with van der Waals surface area (Å²) in [5, 5.41) is 0. The van der Waals surface area contributed by atoms with Gasteiger partial charge in [-0.2, -0.15) is 0 Å². The highest BCUT2D eigenvalue weighted by molar-refractivity contribution is 5.47. The van der Waals surface area contributed by atoms with Crippen LogP contribution in [-0.2, 0) is 6.54 Å². The normalized spacial score (nSPS) is 21.7. The minimum atomic E-state index is -0.730. The lowest BCUT2D eigenvalue weighted by Gasteiger charge is -2.31. The molecule has 0 radical (unpaired) electrons. The van der Waals surface area contributed by atoms with E-state index in [1.54, 1.807) is 6.20 Å². The van der Waals surface area contributed by atoms with Crippen molar-refractivity contribution in [1.29, 1.82) is 0 Å². The number of nitrogens with zero attached hydrogens (tertiary/aromatic N) is 2. The van der Waals surface area contributed by atoms with E-state index in [1.165, 1.54) is 0 Å². The fourth-order valence-electron chi connectivity index (χ4n) is 1.99. The summed E-state index contributed by atoms with van der Waals surface area (Å²) >= 11 is 0. The Kier molecular flexibility index (Phi) is 3.16. The van der Waals surface area contributed by atoms with Crippen LogP contribution in [0.4, 0.5) is 10.2 Å². The maximum atomic E-state index is 13.3. The fraction of sp³-hybridized carbons (Fsp3) is 0.545. The Morgan fingerprint density at radius 2 is 2.47 bits per heavy atom. The second-order valence-electron chi connectivity index (χ2n) is 3.88. The lowest BCUT2D eigenvalue weighted by Crippen LogP contribution is -2.37. The molecular weight excluding hydrogens is 193 g/mol. The molecule has 1 aliphatic heterocycles. The predicted molar refractivity (Wildman–Crippen MR) is 58.5 cm³/mol. The van der Waals surface area contributed by atoms with Crippen molar-refractivity contribution in [3.05, 3.63) is 23.9 Å². The summed E-state index contributed by atoms with van der Waals surface area (Å²) in [6.45, 7) is 1.78. The third kappa shape index (κ3) is 2.26. The Morgan fingerprint density at radius 1 is 1.60 bits per heavy atom. The van der Waals surface area contributed by atoms with E-state index in [9.17, 15) is 4.39 Å². The van der Waals surface area contributed by atoms with Crippen LogP contribution in [0, 0.1) is 0 Å². The molecule has 1 unspecified atom stereocenters. The van der Waals surface area contributed by atoms with Crippen molar-refractivity contribution in [2.75, 3.05) is 18.0 Å². The fourth-order valence-corrected chi connectivity index (χ4v) is 1.99. The van der Waals surface area contributed by atoms with Gasteiger partial charge in [0.05, 0.1) is 6.54 Å². The van der Waals surface area contributed by atoms with Gasteiger partial charge in [-0.25, -0.2) is 9.37 Å². The molecule has 15 heavy (non-hydrogen) atoms. The van der Waals surface area contributed by atoms with Gasteiger partial charge in [-0.05, 0) is 18.9 Å². The molecule has 4 heteroatoms. The van der Waals surface area contributed by atoms with E-state index in [4.69, 9.17) is 5.73 Å². The van der Waals surface area contributed by atoms with E-state index < -0.39 is 6.17 Å². The summed E-state index contributed by atoms with van der Waals surface area (Å²) in [6, 6.07) is 3.81. The van der Waals surface area contributed by atoms with E-state index in [0.29, 0.717) is 19.5 Å². The first-order chi connectivity index (χ1) is 7.31. The molecule has 0 aliphatic carbocycles. The van der Waals surface area contributed by atoms with Crippen LogP contribution in [-0.4, -0.2) is 24.2 Å². The highest BCUT2D eigenvalue weighted by Gasteiger charge is 2.21. The number of halogens is 1. The Bertz CT molecular complexity index is 329. The average Bonchev–Trinajstić information content (AvgIpc) is 2.29. The molecule has 1 aliphatic rings. The minimum Gasteiger partial charge on any atom is -0.353 e. The van der Waals surface area contributed by atoms with Crippen LogP contribution in [0.5, 0.6) is 0 Å². The summed E-state index contributed by atoms with van der Waals surface area (Å²) in [4.78, 5) is 6.28. The van der Waals surface area contributed by atoms with E-state index in [2.05, 4.69) is 4.98 Å². The third-order valence-corrected chi connectivity index (χ3v) is 2.75. The van der Waals surface area contributed by atoms with Gasteiger partial charge in [-0.15, -0.1) is 0 Å². The van der Waals surface area contributed by atoms with Gasteiger partial charge in [0.15, 0.2) is 0 Å². The smallest absolute Gasteiger partial charge is 0.133 e. The number of anilines is 1. The van der Waals surface area contributed by atoms with Gasteiger partial charge in [0.25, 0.3) is 0 Å². The topological polar surface area (TPSA) is 42.1 Å². The van der Waals surface area contributed by atoms with E-state index >= 15 is 0 Å². The Balaban J connectivity index is 2.20. The SMILES string of the molecule is NCc1cccnc1N1CCCC(F)C1. The van der Waals surface area contributed by atoms with Gasteiger partial charge < -0.3 is 10.6 Å². The molecule has 1 aromatic rings. The van der Waals surface area contributed by atoms with Crippen LogP contribution in [0.3, 0.4) is 0 Å². The maximum absolute atomic E-state index is 13.3. The van der Waals surface area contributed by atoms with Crippen molar-refractivity contribution in [2.24, 2.45) is 5.73 Å². The lowest BCUT2D eigenvalue weighted by molar-refractivity contribution is 0.286. The predicted octanol–water partition coefficient (Wildman–Crippen LogP) is 1.48. The standard InChI is InChI=1S/C11H16FN3/c12-10-4-2-6-15(8-10)11-9(7-13)3-1-5-14-11/h1,3,5,10H,2,4,6-8,13H2. The molecule has 0 amide bonds. The number of alkyl halides is 1. The molecule has 3 nitrogen and oxygen atoms in total. The molecule has 2 rings (SSSR count). The molecule has 1 fully saturated rings. The van der Waals surface area contributed by atoms with Crippen LogP contribution >= 0.6 is 0 Å². The zero-order chi connectivity index (χ0) is 10.7. The van der Waals surface area contributed by atoms with Gasteiger partial charge in [-0.1, -0.05) is 6.07 Å². The van der Waals surface area contributed by atoms with E-state index in [-0.39, 0.29) is 0 Å². The third-order valence-electron chi connectivity index (χ3n) is 2.75. The number of hydrogen-bond acceptors (Lipinski definition) is 3. The number of piperidine rings is 1. The van der Waals surface area contributed by atoms with Crippen molar-refractivity contribution >= 4 is 5.82 Å². The number of pyridine rings is 1. The minimum absolute atomic E-state index is 0.448. The van der Waals surface area contributed by atoms with E-state index in [1.807, 2.05) is 17.0 Å². The Hall–Kier alpha value is -1.16. The van der Waals surface area contributed by atoms with Crippen molar-refractivity contribution in [3.8, 4) is 0 Å². The van der Waals surface area contributed by atoms with Gasteiger partial charge >= 0.3 is 0 Å². The van der Waals surface area contributed by atoms with Gasteiger partial charge in [0, 0.05) is 24.8 Å². The first-order valence-electron chi connectivity index (χ1n) is 5.34. The monoisotopic (exact) mass is 209 g/mol. The largest absolute Gasteiger partial charge is 0.353 e. The summed E-state index contributed by atoms with van der Waals surface area (Å²) in [7, 11) is 0. The van der Waals surface area contributed by atoms with Gasteiger partial charge in [-0.3, -0.25) is 0 Å². The highest BCUT2D eigenvalue weighted by atomic mass is 19.1. The summed E-state index contributed by atoms with van der Waals surface area (Å²) in [6.07, 6.45) is 2.56. The van der Waals surface area contributed by atoms with Crippen molar-refractivity contribution in [1.82, 2.24) is 4.98 Å². The van der Waals surface area contributed by atoms with Crippen LogP contribution in [0.2, 0.25) is 0 Å². The molecule has 1 saturated heterocycles. The van der Waals surface area contributed by atoms with Gasteiger partial charge in [0.2, 0.25) is 0 Å². The molecule has 2 heterocycles. The molecule has 0 saturated carbocycles. The summed E-state index contributed by atoms with van der Waals surface area (Å²) < 4.78 is 13.3. The number of aromatic nitrogens is 1. The molecule has 82 valence electrons. The van der Waals surface area contributed by atoms with Crippen molar-refractivity contribution < 1.29 is 4.39 Å². The molecule has 0 bridgehead atoms. The summed E-state index contributed by atoms with van der Waals surface area (Å²) in [5.74, 6) is 0.849. The molecule has 2 N–H and O–H groups in total. The zero-order valence-electron chi connectivity index (χ0n) is 8.69. The maximum Gasteiger partial charge on any atom is 0.133 e. The lowest BCUT2D eigenvalue weighted by atomic mass is 10.1. The molecule has 1 aromatic heterocycles. The zero-order valence-corrected chi connectivity index (χ0v) is 8.69. The molecule has 0 aromatic carbocycles. The quantitative estimate of drug-likeness (QED) is 0.802. The number of hydrogen-bond donors (Lipinski definition) is 1. The number of nitrogens with two attached hydrogens (primary N) is 1.